The predicted octanol–water partition coefficient (Wildman–Crippen LogP) is 2.08. The van der Waals surface area contributed by atoms with E-state index in [9.17, 15) is 14.0 Å². The molecule has 1 aliphatic heterocycles. The molecule has 1 amide bonds. The minimum atomic E-state index is -0.371. The van der Waals surface area contributed by atoms with E-state index in [-0.39, 0.29) is 48.8 Å². The van der Waals surface area contributed by atoms with Gasteiger partial charge in [-0.05, 0) is 43.7 Å². The molecule has 1 fully saturated rings. The molecule has 2 rings (SSSR count). The molecule has 6 heteroatoms. The first kappa shape index (κ1) is 17.6. The Labute approximate surface area is 129 Å². The van der Waals surface area contributed by atoms with E-state index in [1.165, 1.54) is 24.3 Å². The lowest BCUT2D eigenvalue weighted by Crippen LogP contribution is -2.45. The minimum Gasteiger partial charge on any atom is -0.352 e. The second-order valence-electron chi connectivity index (χ2n) is 5.04. The van der Waals surface area contributed by atoms with Gasteiger partial charge in [-0.1, -0.05) is 0 Å². The van der Waals surface area contributed by atoms with Gasteiger partial charge in [-0.15, -0.1) is 12.4 Å². The Hall–Kier alpha value is -1.46. The first-order chi connectivity index (χ1) is 9.65. The number of carbonyl (C=O) groups excluding carboxylic acids is 2. The average Bonchev–Trinajstić information content (AvgIpc) is 2.46. The van der Waals surface area contributed by atoms with Crippen LogP contribution >= 0.6 is 12.4 Å². The number of benzene rings is 1. The number of carbonyl (C=O) groups is 2. The highest BCUT2D eigenvalue weighted by Gasteiger charge is 2.16. The smallest absolute Gasteiger partial charge is 0.220 e. The Balaban J connectivity index is 0.00000220. The Kier molecular flexibility index (Phi) is 7.32. The van der Waals surface area contributed by atoms with Crippen molar-refractivity contribution in [2.75, 3.05) is 13.1 Å². The van der Waals surface area contributed by atoms with Gasteiger partial charge in [0.25, 0.3) is 0 Å². The van der Waals surface area contributed by atoms with Crippen LogP contribution in [0.25, 0.3) is 0 Å². The summed E-state index contributed by atoms with van der Waals surface area (Å²) < 4.78 is 12.7. The highest BCUT2D eigenvalue weighted by molar-refractivity contribution is 5.97. The van der Waals surface area contributed by atoms with Gasteiger partial charge in [0.1, 0.15) is 5.82 Å². The fourth-order valence-electron chi connectivity index (χ4n) is 2.28. The van der Waals surface area contributed by atoms with Crippen molar-refractivity contribution in [1.82, 2.24) is 10.6 Å². The van der Waals surface area contributed by atoms with E-state index in [1.54, 1.807) is 0 Å². The molecule has 21 heavy (non-hydrogen) atoms. The number of nitrogens with one attached hydrogen (secondary N) is 2. The summed E-state index contributed by atoms with van der Waals surface area (Å²) in [5.74, 6) is -0.611. The lowest BCUT2D eigenvalue weighted by molar-refractivity contribution is -0.121. The van der Waals surface area contributed by atoms with Gasteiger partial charge in [-0.25, -0.2) is 4.39 Å². The minimum absolute atomic E-state index is 0. The summed E-state index contributed by atoms with van der Waals surface area (Å²) in [6.07, 6.45) is 2.36. The molecule has 2 N–H and O–H groups in total. The molecule has 0 aliphatic carbocycles. The zero-order chi connectivity index (χ0) is 14.4. The summed E-state index contributed by atoms with van der Waals surface area (Å²) in [5.41, 5.74) is 0.443. The van der Waals surface area contributed by atoms with Crippen LogP contribution in [0.2, 0.25) is 0 Å². The van der Waals surface area contributed by atoms with Crippen LogP contribution in [-0.4, -0.2) is 30.8 Å². The summed E-state index contributed by atoms with van der Waals surface area (Å²) in [7, 11) is 0. The normalized spacial score (nSPS) is 17.7. The summed E-state index contributed by atoms with van der Waals surface area (Å²) in [6.45, 7) is 1.78. The zero-order valence-corrected chi connectivity index (χ0v) is 12.5. The molecule has 0 aromatic heterocycles. The van der Waals surface area contributed by atoms with Gasteiger partial charge < -0.3 is 10.6 Å². The zero-order valence-electron chi connectivity index (χ0n) is 11.7. The summed E-state index contributed by atoms with van der Waals surface area (Å²) >= 11 is 0. The van der Waals surface area contributed by atoms with E-state index in [1.807, 2.05) is 0 Å². The highest BCUT2D eigenvalue weighted by atomic mass is 35.5. The Morgan fingerprint density at radius 2 is 1.95 bits per heavy atom. The van der Waals surface area contributed by atoms with E-state index in [2.05, 4.69) is 10.6 Å². The number of amides is 1. The molecule has 0 saturated carbocycles. The van der Waals surface area contributed by atoms with Crippen molar-refractivity contribution in [2.45, 2.75) is 31.7 Å². The highest BCUT2D eigenvalue weighted by Crippen LogP contribution is 2.08. The second-order valence-corrected chi connectivity index (χ2v) is 5.04. The van der Waals surface area contributed by atoms with Gasteiger partial charge in [-0.3, -0.25) is 9.59 Å². The third-order valence-corrected chi connectivity index (χ3v) is 3.41. The van der Waals surface area contributed by atoms with E-state index in [0.29, 0.717) is 5.56 Å². The maximum absolute atomic E-state index is 12.7. The molecule has 1 aromatic carbocycles. The number of hydrogen-bond acceptors (Lipinski definition) is 3. The quantitative estimate of drug-likeness (QED) is 0.818. The Morgan fingerprint density at radius 1 is 1.24 bits per heavy atom. The molecule has 0 spiro atoms. The molecular weight excluding hydrogens is 295 g/mol. The SMILES string of the molecule is Cl.O=C(CCC(=O)c1ccc(F)cc1)NC1CCCNC1. The molecule has 0 radical (unpaired) electrons. The predicted molar refractivity (Wildman–Crippen MR) is 81.2 cm³/mol. The summed E-state index contributed by atoms with van der Waals surface area (Å²) in [4.78, 5) is 23.6. The molecule has 116 valence electrons. The van der Waals surface area contributed by atoms with Gasteiger partial charge in [0.15, 0.2) is 5.78 Å². The van der Waals surface area contributed by atoms with Gasteiger partial charge in [0, 0.05) is 31.0 Å². The molecule has 1 aromatic rings. The third kappa shape index (κ3) is 5.81. The fourth-order valence-corrected chi connectivity index (χ4v) is 2.28. The third-order valence-electron chi connectivity index (χ3n) is 3.41. The number of halogens is 2. The largest absolute Gasteiger partial charge is 0.352 e. The first-order valence-electron chi connectivity index (χ1n) is 6.94. The van der Waals surface area contributed by atoms with Crippen molar-refractivity contribution in [2.24, 2.45) is 0 Å². The molecular formula is C15H20ClFN2O2. The first-order valence-corrected chi connectivity index (χ1v) is 6.94. The van der Waals surface area contributed by atoms with Crippen LogP contribution in [0.5, 0.6) is 0 Å². The van der Waals surface area contributed by atoms with Crippen molar-refractivity contribution in [3.63, 3.8) is 0 Å². The van der Waals surface area contributed by atoms with Crippen molar-refractivity contribution in [3.05, 3.63) is 35.6 Å². The molecule has 0 bridgehead atoms. The van der Waals surface area contributed by atoms with Crippen molar-refractivity contribution < 1.29 is 14.0 Å². The van der Waals surface area contributed by atoms with Gasteiger partial charge in [0.05, 0.1) is 0 Å². The van der Waals surface area contributed by atoms with Crippen LogP contribution in [0.4, 0.5) is 4.39 Å². The standard InChI is InChI=1S/C15H19FN2O2.ClH/c16-12-5-3-11(4-6-12)14(19)7-8-15(20)18-13-2-1-9-17-10-13;/h3-6,13,17H,1-2,7-10H2,(H,18,20);1H. The van der Waals surface area contributed by atoms with E-state index in [4.69, 9.17) is 0 Å². The maximum atomic E-state index is 12.7. The van der Waals surface area contributed by atoms with Crippen LogP contribution in [-0.2, 0) is 4.79 Å². The monoisotopic (exact) mass is 314 g/mol. The van der Waals surface area contributed by atoms with Crippen molar-refractivity contribution in [1.29, 1.82) is 0 Å². The number of piperidine rings is 1. The molecule has 1 aliphatic rings. The van der Waals surface area contributed by atoms with Gasteiger partial charge in [0.2, 0.25) is 5.91 Å². The molecule has 1 atom stereocenters. The van der Waals surface area contributed by atoms with E-state index >= 15 is 0 Å². The van der Waals surface area contributed by atoms with Crippen molar-refractivity contribution >= 4 is 24.1 Å². The van der Waals surface area contributed by atoms with Crippen LogP contribution in [0.3, 0.4) is 0 Å². The molecule has 4 nitrogen and oxygen atoms in total. The lowest BCUT2D eigenvalue weighted by Gasteiger charge is -2.23. The average molecular weight is 315 g/mol. The topological polar surface area (TPSA) is 58.2 Å². The second kappa shape index (κ2) is 8.74. The summed E-state index contributed by atoms with van der Waals surface area (Å²) in [6, 6.07) is 5.56. The number of hydrogen-bond donors (Lipinski definition) is 2. The van der Waals surface area contributed by atoms with E-state index < -0.39 is 0 Å². The van der Waals surface area contributed by atoms with Crippen molar-refractivity contribution in [3.8, 4) is 0 Å². The van der Waals surface area contributed by atoms with Gasteiger partial charge in [-0.2, -0.15) is 0 Å². The molecule has 1 saturated heterocycles. The van der Waals surface area contributed by atoms with E-state index in [0.717, 1.165) is 25.9 Å². The molecule has 1 unspecified atom stereocenters. The number of ketones is 1. The number of rotatable bonds is 5. The molecule has 1 heterocycles. The van der Waals surface area contributed by atoms with Crippen LogP contribution < -0.4 is 10.6 Å². The van der Waals surface area contributed by atoms with Crippen LogP contribution in [0.15, 0.2) is 24.3 Å². The van der Waals surface area contributed by atoms with Crippen LogP contribution in [0.1, 0.15) is 36.0 Å². The van der Waals surface area contributed by atoms with Gasteiger partial charge >= 0.3 is 0 Å². The maximum Gasteiger partial charge on any atom is 0.220 e. The Morgan fingerprint density at radius 3 is 2.57 bits per heavy atom. The fraction of sp³-hybridized carbons (Fsp3) is 0.467. The lowest BCUT2D eigenvalue weighted by atomic mass is 10.1. The Bertz CT molecular complexity index is 473. The number of Topliss-reactive ketones (excluding diaryl/α,β-unsaturated/α-hetero) is 1. The summed E-state index contributed by atoms with van der Waals surface area (Å²) in [5, 5.41) is 6.14. The van der Waals surface area contributed by atoms with Crippen LogP contribution in [0, 0.1) is 5.82 Å².